The van der Waals surface area contributed by atoms with Crippen LogP contribution in [-0.2, 0) is 0 Å². The molecule has 0 aliphatic rings. The molecule has 6 heteroatoms. The van der Waals surface area contributed by atoms with Crippen LogP contribution in [0, 0.1) is 6.20 Å². The van der Waals surface area contributed by atoms with E-state index in [0.29, 0.717) is 5.69 Å². The van der Waals surface area contributed by atoms with Crippen molar-refractivity contribution in [3.63, 3.8) is 0 Å². The Morgan fingerprint density at radius 3 is 2.80 bits per heavy atom. The number of halogens is 3. The predicted molar refractivity (Wildman–Crippen MR) is 50.2 cm³/mol. The van der Waals surface area contributed by atoms with Gasteiger partial charge in [0.25, 0.3) is 6.43 Å². The van der Waals surface area contributed by atoms with Crippen molar-refractivity contribution in [2.75, 3.05) is 0 Å². The minimum Gasteiger partial charge on any atom is -0.220 e. The molecular weight excluding hydrogens is 224 g/mol. The van der Waals surface area contributed by atoms with Crippen LogP contribution in [0.15, 0.2) is 24.4 Å². The van der Waals surface area contributed by atoms with E-state index in [1.807, 2.05) is 0 Å². The van der Waals surface area contributed by atoms with E-state index in [4.69, 9.17) is 11.6 Å². The Bertz CT molecular complexity index is 456. The number of hydrogen-bond donors (Lipinski definition) is 0. The van der Waals surface area contributed by atoms with E-state index >= 15 is 0 Å². The highest BCUT2D eigenvalue weighted by Crippen LogP contribution is 2.28. The van der Waals surface area contributed by atoms with Crippen LogP contribution in [-0.4, -0.2) is 15.0 Å². The van der Waals surface area contributed by atoms with Crippen LogP contribution in [0.5, 0.6) is 0 Å². The van der Waals surface area contributed by atoms with Gasteiger partial charge in [-0.1, -0.05) is 16.8 Å². The summed E-state index contributed by atoms with van der Waals surface area (Å²) in [5, 5.41) is 7.14. The van der Waals surface area contributed by atoms with E-state index in [1.54, 1.807) is 6.07 Å². The number of nitrogens with zero attached hydrogens (tertiary/aromatic N) is 3. The zero-order chi connectivity index (χ0) is 10.8. The first-order chi connectivity index (χ1) is 7.18. The topological polar surface area (TPSA) is 30.7 Å². The maximum atomic E-state index is 12.5. The first-order valence-electron chi connectivity index (χ1n) is 4.05. The van der Waals surface area contributed by atoms with Gasteiger partial charge in [0.2, 0.25) is 0 Å². The molecule has 1 radical (unpaired) electrons. The molecule has 3 nitrogen and oxygen atoms in total. The molecule has 1 aromatic carbocycles. The summed E-state index contributed by atoms with van der Waals surface area (Å²) in [7, 11) is 0. The summed E-state index contributed by atoms with van der Waals surface area (Å²) in [5.41, 5.74) is 0.258. The molecule has 0 N–H and O–H groups in total. The third-order valence-corrected chi connectivity index (χ3v) is 2.20. The number of alkyl halides is 2. The molecule has 0 amide bonds. The molecule has 2 rings (SSSR count). The van der Waals surface area contributed by atoms with Gasteiger partial charge < -0.3 is 0 Å². The average Bonchev–Trinajstić information content (AvgIpc) is 2.71. The lowest BCUT2D eigenvalue weighted by atomic mass is 10.2. The average molecular weight is 229 g/mol. The number of rotatable bonds is 2. The minimum atomic E-state index is -2.61. The van der Waals surface area contributed by atoms with Gasteiger partial charge >= 0.3 is 0 Å². The van der Waals surface area contributed by atoms with Gasteiger partial charge in [-0.3, -0.25) is 0 Å². The normalized spacial score (nSPS) is 10.9. The van der Waals surface area contributed by atoms with Crippen molar-refractivity contribution in [1.29, 1.82) is 0 Å². The molecule has 1 aromatic heterocycles. The van der Waals surface area contributed by atoms with Crippen molar-refractivity contribution in [1.82, 2.24) is 15.0 Å². The smallest absolute Gasteiger partial charge is 0.220 e. The van der Waals surface area contributed by atoms with Gasteiger partial charge in [0.1, 0.15) is 6.20 Å². The van der Waals surface area contributed by atoms with E-state index in [0.717, 1.165) is 0 Å². The molecule has 0 fully saturated rings. The molecule has 0 spiro atoms. The monoisotopic (exact) mass is 228 g/mol. The van der Waals surface area contributed by atoms with Crippen molar-refractivity contribution in [2.45, 2.75) is 6.43 Å². The Morgan fingerprint density at radius 2 is 2.20 bits per heavy atom. The molecule has 0 saturated carbocycles. The molecule has 1 heterocycles. The Kier molecular flexibility index (Phi) is 2.64. The molecule has 0 bridgehead atoms. The Balaban J connectivity index is 2.48. The zero-order valence-corrected chi connectivity index (χ0v) is 8.12. The maximum Gasteiger partial charge on any atom is 0.265 e. The maximum absolute atomic E-state index is 12.5. The molecular formula is C9H5ClF2N3. The van der Waals surface area contributed by atoms with Crippen molar-refractivity contribution in [3.05, 3.63) is 41.2 Å². The largest absolute Gasteiger partial charge is 0.265 e. The highest BCUT2D eigenvalue weighted by Gasteiger charge is 2.13. The van der Waals surface area contributed by atoms with Gasteiger partial charge in [-0.25, -0.2) is 13.5 Å². The standard InChI is InChI=1S/C9H5ClF2N3/c10-8-2-1-6(5-7(8)9(11)12)15-4-3-13-14-15/h1-2,4-5,9H. The lowest BCUT2D eigenvalue weighted by molar-refractivity contribution is 0.151. The highest BCUT2D eigenvalue weighted by molar-refractivity contribution is 6.31. The third-order valence-electron chi connectivity index (χ3n) is 1.86. The molecule has 0 saturated heterocycles. The van der Waals surface area contributed by atoms with Crippen molar-refractivity contribution < 1.29 is 8.78 Å². The predicted octanol–water partition coefficient (Wildman–Crippen LogP) is 2.66. The second-order valence-corrected chi connectivity index (χ2v) is 3.21. The lowest BCUT2D eigenvalue weighted by Gasteiger charge is -2.05. The second kappa shape index (κ2) is 3.94. The SMILES string of the molecule is FC(F)c1cc(-n2c[c]nn2)ccc1Cl. The summed E-state index contributed by atoms with van der Waals surface area (Å²) in [6, 6.07) is 4.26. The first kappa shape index (κ1) is 10.0. The summed E-state index contributed by atoms with van der Waals surface area (Å²) in [5.74, 6) is 0. The molecule has 0 unspecified atom stereocenters. The Morgan fingerprint density at radius 1 is 1.40 bits per heavy atom. The fraction of sp³-hybridized carbons (Fsp3) is 0.111. The lowest BCUT2D eigenvalue weighted by Crippen LogP contribution is -1.97. The van der Waals surface area contributed by atoms with Gasteiger partial charge in [0, 0.05) is 10.6 Å². The van der Waals surface area contributed by atoms with Crippen LogP contribution >= 0.6 is 11.6 Å². The molecule has 0 aliphatic heterocycles. The zero-order valence-electron chi connectivity index (χ0n) is 7.36. The summed E-state index contributed by atoms with van der Waals surface area (Å²) in [4.78, 5) is 0. The van der Waals surface area contributed by atoms with Crippen LogP contribution in [0.4, 0.5) is 8.78 Å². The molecule has 0 atom stereocenters. The van der Waals surface area contributed by atoms with Gasteiger partial charge in [0.15, 0.2) is 0 Å². The van der Waals surface area contributed by atoms with Crippen LogP contribution in [0.25, 0.3) is 5.69 Å². The number of hydrogen-bond acceptors (Lipinski definition) is 2. The first-order valence-corrected chi connectivity index (χ1v) is 4.42. The van der Waals surface area contributed by atoms with Gasteiger partial charge in [-0.05, 0) is 18.2 Å². The number of aromatic nitrogens is 3. The molecule has 0 aliphatic carbocycles. The second-order valence-electron chi connectivity index (χ2n) is 2.80. The summed E-state index contributed by atoms with van der Waals surface area (Å²) < 4.78 is 26.4. The van der Waals surface area contributed by atoms with E-state index in [2.05, 4.69) is 16.5 Å². The van der Waals surface area contributed by atoms with Gasteiger partial charge in [0.05, 0.1) is 11.9 Å². The Hall–Kier alpha value is -1.49. The third kappa shape index (κ3) is 1.97. The van der Waals surface area contributed by atoms with E-state index in [9.17, 15) is 8.78 Å². The van der Waals surface area contributed by atoms with Gasteiger partial charge in [-0.15, -0.1) is 5.10 Å². The summed E-state index contributed by atoms with van der Waals surface area (Å²) in [6.07, 6.45) is 1.31. The van der Waals surface area contributed by atoms with E-state index in [-0.39, 0.29) is 10.6 Å². The quantitative estimate of drug-likeness (QED) is 0.791. The number of benzene rings is 1. The molecule has 15 heavy (non-hydrogen) atoms. The Labute approximate surface area is 89.3 Å². The van der Waals surface area contributed by atoms with E-state index in [1.165, 1.54) is 23.0 Å². The highest BCUT2D eigenvalue weighted by atomic mass is 35.5. The van der Waals surface area contributed by atoms with Crippen molar-refractivity contribution in [3.8, 4) is 5.69 Å². The minimum absolute atomic E-state index is 0.0397. The molecule has 2 aromatic rings. The van der Waals surface area contributed by atoms with E-state index < -0.39 is 6.43 Å². The van der Waals surface area contributed by atoms with Crippen LogP contribution < -0.4 is 0 Å². The fourth-order valence-corrected chi connectivity index (χ4v) is 1.35. The van der Waals surface area contributed by atoms with Crippen molar-refractivity contribution >= 4 is 11.6 Å². The van der Waals surface area contributed by atoms with Gasteiger partial charge in [-0.2, -0.15) is 0 Å². The van der Waals surface area contributed by atoms with Crippen LogP contribution in [0.1, 0.15) is 12.0 Å². The van der Waals surface area contributed by atoms with Crippen molar-refractivity contribution in [2.24, 2.45) is 0 Å². The summed E-state index contributed by atoms with van der Waals surface area (Å²) in [6.45, 7) is 0. The van der Waals surface area contributed by atoms with Crippen LogP contribution in [0.3, 0.4) is 0 Å². The molecule has 77 valence electrons. The van der Waals surface area contributed by atoms with Crippen LogP contribution in [0.2, 0.25) is 5.02 Å². The summed E-state index contributed by atoms with van der Waals surface area (Å²) >= 11 is 5.62. The fourth-order valence-electron chi connectivity index (χ4n) is 1.15.